The van der Waals surface area contributed by atoms with Crippen LogP contribution in [0.4, 0.5) is 0 Å². The van der Waals surface area contributed by atoms with Gasteiger partial charge in [0.15, 0.2) is 0 Å². The quantitative estimate of drug-likeness (QED) is 0.856. The van der Waals surface area contributed by atoms with Gasteiger partial charge in [-0.15, -0.1) is 0 Å². The molecule has 3 rings (SSSR count). The van der Waals surface area contributed by atoms with E-state index < -0.39 is 0 Å². The summed E-state index contributed by atoms with van der Waals surface area (Å²) in [6.45, 7) is 4.25. The maximum atomic E-state index is 6.41. The molecule has 2 aromatic carbocycles. The first-order valence-corrected chi connectivity index (χ1v) is 7.65. The highest BCUT2D eigenvalue weighted by Gasteiger charge is 2.28. The summed E-state index contributed by atoms with van der Waals surface area (Å²) in [4.78, 5) is 0. The van der Waals surface area contributed by atoms with Crippen LogP contribution in [0.1, 0.15) is 34.9 Å². The van der Waals surface area contributed by atoms with Crippen molar-refractivity contribution in [1.82, 2.24) is 5.32 Å². The summed E-state index contributed by atoms with van der Waals surface area (Å²) >= 11 is 6.41. The van der Waals surface area contributed by atoms with E-state index >= 15 is 0 Å². The number of nitrogens with one attached hydrogen (secondary N) is 1. The lowest BCUT2D eigenvalue weighted by Crippen LogP contribution is -2.34. The highest BCUT2D eigenvalue weighted by Crippen LogP contribution is 2.39. The zero-order valence-corrected chi connectivity index (χ0v) is 12.5. The number of aryl methyl sites for hydroxylation is 1. The van der Waals surface area contributed by atoms with E-state index in [1.807, 2.05) is 12.1 Å². The van der Waals surface area contributed by atoms with Gasteiger partial charge in [0.25, 0.3) is 0 Å². The van der Waals surface area contributed by atoms with Gasteiger partial charge in [0.05, 0.1) is 0 Å². The molecule has 2 aromatic rings. The third kappa shape index (κ3) is 2.74. The van der Waals surface area contributed by atoms with Crippen LogP contribution in [-0.2, 0) is 0 Å². The van der Waals surface area contributed by atoms with E-state index in [1.54, 1.807) is 0 Å². The molecule has 0 saturated carbocycles. The van der Waals surface area contributed by atoms with Crippen LogP contribution >= 0.6 is 11.6 Å². The monoisotopic (exact) mass is 285 g/mol. The summed E-state index contributed by atoms with van der Waals surface area (Å²) in [7, 11) is 0. The molecule has 0 spiro atoms. The number of benzene rings is 2. The maximum Gasteiger partial charge on any atom is 0.0441 e. The molecule has 1 N–H and O–H groups in total. The predicted molar refractivity (Wildman–Crippen MR) is 85.6 cm³/mol. The van der Waals surface area contributed by atoms with Crippen molar-refractivity contribution in [2.45, 2.75) is 25.2 Å². The van der Waals surface area contributed by atoms with E-state index in [-0.39, 0.29) is 0 Å². The zero-order valence-electron chi connectivity index (χ0n) is 11.8. The van der Waals surface area contributed by atoms with Gasteiger partial charge in [-0.25, -0.2) is 0 Å². The molecule has 1 heterocycles. The summed E-state index contributed by atoms with van der Waals surface area (Å²) in [5, 5.41) is 4.40. The van der Waals surface area contributed by atoms with Gasteiger partial charge in [-0.1, -0.05) is 59.6 Å². The minimum atomic E-state index is 0.458. The number of halogens is 1. The second-order valence-corrected chi connectivity index (χ2v) is 6.05. The first-order valence-electron chi connectivity index (χ1n) is 7.27. The van der Waals surface area contributed by atoms with Crippen molar-refractivity contribution in [2.24, 2.45) is 0 Å². The van der Waals surface area contributed by atoms with Gasteiger partial charge in [0.1, 0.15) is 0 Å². The molecule has 1 aliphatic rings. The normalized spacial score (nSPS) is 22.7. The molecule has 0 bridgehead atoms. The lowest BCUT2D eigenvalue weighted by Gasteiger charge is -2.33. The van der Waals surface area contributed by atoms with Crippen molar-refractivity contribution in [3.8, 4) is 0 Å². The number of hydrogen-bond acceptors (Lipinski definition) is 1. The largest absolute Gasteiger partial charge is 0.316 e. The molecule has 1 fully saturated rings. The van der Waals surface area contributed by atoms with Gasteiger partial charge in [-0.3, -0.25) is 0 Å². The number of rotatable bonds is 2. The van der Waals surface area contributed by atoms with Crippen LogP contribution in [0.3, 0.4) is 0 Å². The molecule has 0 amide bonds. The summed E-state index contributed by atoms with van der Waals surface area (Å²) in [6.07, 6.45) is 1.17. The smallest absolute Gasteiger partial charge is 0.0441 e. The maximum absolute atomic E-state index is 6.41. The van der Waals surface area contributed by atoms with Crippen molar-refractivity contribution in [2.75, 3.05) is 13.1 Å². The zero-order chi connectivity index (χ0) is 13.9. The Morgan fingerprint density at radius 3 is 2.70 bits per heavy atom. The van der Waals surface area contributed by atoms with E-state index in [0.717, 1.165) is 18.1 Å². The molecule has 2 atom stereocenters. The predicted octanol–water partition coefficient (Wildman–Crippen LogP) is 4.51. The Morgan fingerprint density at radius 2 is 1.90 bits per heavy atom. The highest BCUT2D eigenvalue weighted by molar-refractivity contribution is 6.31. The Balaban J connectivity index is 1.98. The summed E-state index contributed by atoms with van der Waals surface area (Å²) in [5.74, 6) is 1.01. The molecule has 1 saturated heterocycles. The van der Waals surface area contributed by atoms with Crippen LogP contribution in [0.15, 0.2) is 48.5 Å². The Labute approximate surface area is 126 Å². The van der Waals surface area contributed by atoms with Crippen LogP contribution in [0.2, 0.25) is 5.02 Å². The van der Waals surface area contributed by atoms with Gasteiger partial charge >= 0.3 is 0 Å². The average Bonchev–Trinajstić information content (AvgIpc) is 2.48. The fourth-order valence-electron chi connectivity index (χ4n) is 3.26. The van der Waals surface area contributed by atoms with Crippen molar-refractivity contribution in [1.29, 1.82) is 0 Å². The van der Waals surface area contributed by atoms with Crippen LogP contribution in [0.5, 0.6) is 0 Å². The molecule has 20 heavy (non-hydrogen) atoms. The second kappa shape index (κ2) is 5.99. The van der Waals surface area contributed by atoms with Gasteiger partial charge in [-0.05, 0) is 43.0 Å². The average molecular weight is 286 g/mol. The van der Waals surface area contributed by atoms with E-state index in [9.17, 15) is 0 Å². The van der Waals surface area contributed by atoms with Crippen LogP contribution < -0.4 is 5.32 Å². The second-order valence-electron chi connectivity index (χ2n) is 5.64. The molecule has 2 unspecified atom stereocenters. The Morgan fingerprint density at radius 1 is 1.05 bits per heavy atom. The molecule has 1 nitrogen and oxygen atoms in total. The lowest BCUT2D eigenvalue weighted by molar-refractivity contribution is 0.404. The minimum absolute atomic E-state index is 0.458. The third-order valence-corrected chi connectivity index (χ3v) is 4.60. The van der Waals surface area contributed by atoms with Gasteiger partial charge < -0.3 is 5.32 Å². The van der Waals surface area contributed by atoms with E-state index in [4.69, 9.17) is 11.6 Å². The first kappa shape index (κ1) is 13.7. The lowest BCUT2D eigenvalue weighted by atomic mass is 9.77. The highest BCUT2D eigenvalue weighted by atomic mass is 35.5. The molecule has 2 heteroatoms. The Bertz CT molecular complexity index is 593. The van der Waals surface area contributed by atoms with E-state index in [0.29, 0.717) is 11.8 Å². The standard InChI is InChI=1S/C18H20ClN/c1-13-5-4-6-14(11-13)15-9-10-20-12-17(15)16-7-2-3-8-18(16)19/h2-8,11,15,17,20H,9-10,12H2,1H3. The van der Waals surface area contributed by atoms with E-state index in [1.165, 1.54) is 23.1 Å². The van der Waals surface area contributed by atoms with Crippen molar-refractivity contribution < 1.29 is 0 Å². The van der Waals surface area contributed by atoms with Gasteiger partial charge in [-0.2, -0.15) is 0 Å². The molecule has 104 valence electrons. The van der Waals surface area contributed by atoms with Gasteiger partial charge in [0, 0.05) is 17.5 Å². The minimum Gasteiger partial charge on any atom is -0.316 e. The molecular formula is C18H20ClN. The van der Waals surface area contributed by atoms with Crippen molar-refractivity contribution in [3.05, 3.63) is 70.2 Å². The fourth-order valence-corrected chi connectivity index (χ4v) is 3.54. The molecule has 0 aliphatic carbocycles. The third-order valence-electron chi connectivity index (χ3n) is 4.26. The Kier molecular flexibility index (Phi) is 4.09. The fraction of sp³-hybridized carbons (Fsp3) is 0.333. The SMILES string of the molecule is Cc1cccc(C2CCNCC2c2ccccc2Cl)c1. The summed E-state index contributed by atoms with van der Waals surface area (Å²) in [6, 6.07) is 17.2. The molecule has 0 aromatic heterocycles. The van der Waals surface area contributed by atoms with Crippen LogP contribution in [0, 0.1) is 6.92 Å². The van der Waals surface area contributed by atoms with Gasteiger partial charge in [0.2, 0.25) is 0 Å². The summed E-state index contributed by atoms with van der Waals surface area (Å²) < 4.78 is 0. The summed E-state index contributed by atoms with van der Waals surface area (Å²) in [5.41, 5.74) is 4.04. The Hall–Kier alpha value is -1.31. The molecule has 0 radical (unpaired) electrons. The number of piperidine rings is 1. The van der Waals surface area contributed by atoms with Crippen LogP contribution in [0.25, 0.3) is 0 Å². The van der Waals surface area contributed by atoms with Crippen LogP contribution in [-0.4, -0.2) is 13.1 Å². The first-order chi connectivity index (χ1) is 9.75. The number of hydrogen-bond donors (Lipinski definition) is 1. The molecular weight excluding hydrogens is 266 g/mol. The molecule has 1 aliphatic heterocycles. The topological polar surface area (TPSA) is 12.0 Å². The van der Waals surface area contributed by atoms with Crippen molar-refractivity contribution >= 4 is 11.6 Å². The van der Waals surface area contributed by atoms with Crippen molar-refractivity contribution in [3.63, 3.8) is 0 Å². The van der Waals surface area contributed by atoms with E-state index in [2.05, 4.69) is 48.6 Å².